The van der Waals surface area contributed by atoms with Gasteiger partial charge in [-0.3, -0.25) is 4.79 Å². The summed E-state index contributed by atoms with van der Waals surface area (Å²) in [6.07, 6.45) is 2.41. The van der Waals surface area contributed by atoms with Gasteiger partial charge in [0.1, 0.15) is 11.8 Å². The number of carbonyl (C=O) groups excluding carboxylic acids is 1. The van der Waals surface area contributed by atoms with Crippen molar-refractivity contribution in [2.75, 3.05) is 19.0 Å². The monoisotopic (exact) mass is 327 g/mol. The fourth-order valence-electron chi connectivity index (χ4n) is 2.69. The van der Waals surface area contributed by atoms with Gasteiger partial charge in [-0.25, -0.2) is 4.98 Å². The first kappa shape index (κ1) is 16.1. The molecular formula is C18H21N3O3. The minimum atomic E-state index is -0.379. The van der Waals surface area contributed by atoms with E-state index in [1.165, 1.54) is 0 Å². The number of aromatic nitrogens is 1. The lowest BCUT2D eigenvalue weighted by Gasteiger charge is -2.28. The predicted octanol–water partition coefficient (Wildman–Crippen LogP) is 2.53. The summed E-state index contributed by atoms with van der Waals surface area (Å²) in [4.78, 5) is 16.6. The van der Waals surface area contributed by atoms with Crippen LogP contribution in [0.25, 0.3) is 0 Å². The van der Waals surface area contributed by atoms with E-state index in [0.29, 0.717) is 12.5 Å². The maximum absolute atomic E-state index is 12.5. The zero-order valence-corrected chi connectivity index (χ0v) is 13.8. The Morgan fingerprint density at radius 1 is 1.33 bits per heavy atom. The van der Waals surface area contributed by atoms with Gasteiger partial charge in [-0.2, -0.15) is 0 Å². The van der Waals surface area contributed by atoms with Crippen LogP contribution in [0.1, 0.15) is 24.9 Å². The van der Waals surface area contributed by atoms with E-state index in [4.69, 9.17) is 9.47 Å². The minimum absolute atomic E-state index is 0.0271. The van der Waals surface area contributed by atoms with Gasteiger partial charge >= 0.3 is 0 Å². The summed E-state index contributed by atoms with van der Waals surface area (Å²) in [5, 5.41) is 6.24. The molecule has 6 heteroatoms. The molecule has 126 valence electrons. The van der Waals surface area contributed by atoms with Crippen LogP contribution in [0.4, 0.5) is 5.69 Å². The van der Waals surface area contributed by atoms with Crippen LogP contribution in [-0.4, -0.2) is 30.6 Å². The summed E-state index contributed by atoms with van der Waals surface area (Å²) in [5.74, 6) is 1.32. The molecule has 0 saturated carbocycles. The van der Waals surface area contributed by atoms with Crippen molar-refractivity contribution in [3.8, 4) is 11.6 Å². The number of fused-ring (bicyclic) bond motifs is 1. The molecule has 2 N–H and O–H groups in total. The van der Waals surface area contributed by atoms with Crippen LogP contribution in [0, 0.1) is 0 Å². The molecule has 3 rings (SSSR count). The zero-order chi connectivity index (χ0) is 16.9. The topological polar surface area (TPSA) is 72.5 Å². The van der Waals surface area contributed by atoms with Crippen LogP contribution in [0.5, 0.6) is 11.6 Å². The number of hydrogen-bond acceptors (Lipinski definition) is 5. The lowest BCUT2D eigenvalue weighted by molar-refractivity contribution is -0.122. The number of rotatable bonds is 5. The van der Waals surface area contributed by atoms with Gasteiger partial charge in [-0.05, 0) is 19.1 Å². The van der Waals surface area contributed by atoms with E-state index >= 15 is 0 Å². The van der Waals surface area contributed by atoms with E-state index in [9.17, 15) is 4.79 Å². The molecule has 0 saturated heterocycles. The Balaban J connectivity index is 1.62. The quantitative estimate of drug-likeness (QED) is 0.883. The van der Waals surface area contributed by atoms with Crippen molar-refractivity contribution in [1.29, 1.82) is 0 Å². The number of anilines is 1. The maximum Gasteiger partial charge on any atom is 0.242 e. The molecule has 1 amide bonds. The summed E-state index contributed by atoms with van der Waals surface area (Å²) < 4.78 is 10.7. The van der Waals surface area contributed by atoms with Gasteiger partial charge in [0.25, 0.3) is 0 Å². The Kier molecular flexibility index (Phi) is 4.84. The van der Waals surface area contributed by atoms with Gasteiger partial charge in [0.15, 0.2) is 0 Å². The summed E-state index contributed by atoms with van der Waals surface area (Å²) in [6.45, 7) is 2.43. The number of para-hydroxylation sites is 1. The van der Waals surface area contributed by atoms with E-state index in [0.717, 1.165) is 23.4 Å². The summed E-state index contributed by atoms with van der Waals surface area (Å²) >= 11 is 0. The lowest BCUT2D eigenvalue weighted by atomic mass is 10.0. The fourth-order valence-corrected chi connectivity index (χ4v) is 2.69. The molecule has 0 unspecified atom stereocenters. The summed E-state index contributed by atoms with van der Waals surface area (Å²) in [5.41, 5.74) is 1.79. The number of amides is 1. The van der Waals surface area contributed by atoms with Crippen LogP contribution in [0.2, 0.25) is 0 Å². The second-order valence-corrected chi connectivity index (χ2v) is 5.69. The number of nitrogens with zero attached hydrogens (tertiary/aromatic N) is 1. The van der Waals surface area contributed by atoms with Crippen LogP contribution in [0.15, 0.2) is 42.6 Å². The fraction of sp³-hybridized carbons (Fsp3) is 0.333. The number of methoxy groups -OCH3 is 1. The second kappa shape index (κ2) is 7.21. The second-order valence-electron chi connectivity index (χ2n) is 5.69. The highest BCUT2D eigenvalue weighted by Crippen LogP contribution is 2.31. The Labute approximate surface area is 141 Å². The normalized spacial score (nSPS) is 17.2. The first-order valence-corrected chi connectivity index (χ1v) is 7.96. The standard InChI is InChI=1S/C18H21N3O3/c1-12(20-13-7-8-17(23-2)19-11-13)18(22)21-15-9-10-24-16-6-4-3-5-14(15)16/h3-8,11-12,15,20H,9-10H2,1-2H3,(H,21,22)/t12-,15-/m1/s1. The number of ether oxygens (including phenoxy) is 2. The maximum atomic E-state index is 12.5. The first-order valence-electron chi connectivity index (χ1n) is 7.96. The highest BCUT2D eigenvalue weighted by atomic mass is 16.5. The van der Waals surface area contributed by atoms with Gasteiger partial charge in [0.2, 0.25) is 11.8 Å². The minimum Gasteiger partial charge on any atom is -0.493 e. The van der Waals surface area contributed by atoms with Crippen molar-refractivity contribution in [3.63, 3.8) is 0 Å². The van der Waals surface area contributed by atoms with E-state index < -0.39 is 0 Å². The number of nitrogens with one attached hydrogen (secondary N) is 2. The number of benzene rings is 1. The first-order chi connectivity index (χ1) is 11.7. The third-order valence-corrected chi connectivity index (χ3v) is 4.00. The summed E-state index contributed by atoms with van der Waals surface area (Å²) in [6, 6.07) is 11.0. The Morgan fingerprint density at radius 3 is 2.92 bits per heavy atom. The predicted molar refractivity (Wildman–Crippen MR) is 91.3 cm³/mol. The molecule has 0 radical (unpaired) electrons. The zero-order valence-electron chi connectivity index (χ0n) is 13.8. The van der Waals surface area contributed by atoms with Gasteiger partial charge in [0, 0.05) is 18.1 Å². The van der Waals surface area contributed by atoms with Crippen LogP contribution in [-0.2, 0) is 4.79 Å². The van der Waals surface area contributed by atoms with E-state index in [1.807, 2.05) is 37.3 Å². The van der Waals surface area contributed by atoms with Crippen molar-refractivity contribution in [3.05, 3.63) is 48.2 Å². The van der Waals surface area contributed by atoms with Crippen molar-refractivity contribution >= 4 is 11.6 Å². The molecule has 1 aliphatic rings. The van der Waals surface area contributed by atoms with Crippen molar-refractivity contribution in [2.45, 2.75) is 25.4 Å². The average molecular weight is 327 g/mol. The van der Waals surface area contributed by atoms with Crippen molar-refractivity contribution < 1.29 is 14.3 Å². The molecule has 0 fully saturated rings. The number of carbonyl (C=O) groups is 1. The largest absolute Gasteiger partial charge is 0.493 e. The molecule has 1 aromatic carbocycles. The van der Waals surface area contributed by atoms with Gasteiger partial charge < -0.3 is 20.1 Å². The molecule has 0 bridgehead atoms. The van der Waals surface area contributed by atoms with E-state index in [2.05, 4.69) is 15.6 Å². The van der Waals surface area contributed by atoms with Crippen LogP contribution in [0.3, 0.4) is 0 Å². The Bertz CT molecular complexity index is 703. The molecule has 1 aromatic heterocycles. The van der Waals surface area contributed by atoms with Gasteiger partial charge in [-0.15, -0.1) is 0 Å². The lowest BCUT2D eigenvalue weighted by Crippen LogP contribution is -2.41. The van der Waals surface area contributed by atoms with Gasteiger partial charge in [0.05, 0.1) is 31.6 Å². The molecule has 2 aromatic rings. The average Bonchev–Trinajstić information content (AvgIpc) is 2.62. The smallest absolute Gasteiger partial charge is 0.242 e. The molecule has 2 heterocycles. The number of hydrogen-bond donors (Lipinski definition) is 2. The van der Waals surface area contributed by atoms with Gasteiger partial charge in [-0.1, -0.05) is 18.2 Å². The Hall–Kier alpha value is -2.76. The molecular weight excluding hydrogens is 306 g/mol. The highest BCUT2D eigenvalue weighted by Gasteiger charge is 2.24. The van der Waals surface area contributed by atoms with Crippen LogP contribution >= 0.6 is 0 Å². The molecule has 0 aliphatic carbocycles. The van der Waals surface area contributed by atoms with E-state index in [1.54, 1.807) is 19.4 Å². The van der Waals surface area contributed by atoms with E-state index in [-0.39, 0.29) is 18.0 Å². The molecule has 1 aliphatic heterocycles. The third-order valence-electron chi connectivity index (χ3n) is 4.00. The Morgan fingerprint density at radius 2 is 2.17 bits per heavy atom. The number of pyridine rings is 1. The molecule has 24 heavy (non-hydrogen) atoms. The molecule has 6 nitrogen and oxygen atoms in total. The van der Waals surface area contributed by atoms with Crippen molar-refractivity contribution in [2.24, 2.45) is 0 Å². The highest BCUT2D eigenvalue weighted by molar-refractivity contribution is 5.84. The SMILES string of the molecule is COc1ccc(N[C@H](C)C(=O)N[C@@H]2CCOc3ccccc32)cn1. The van der Waals surface area contributed by atoms with Crippen LogP contribution < -0.4 is 20.1 Å². The van der Waals surface area contributed by atoms with Crippen molar-refractivity contribution in [1.82, 2.24) is 10.3 Å². The molecule has 0 spiro atoms. The third kappa shape index (κ3) is 3.59. The molecule has 2 atom stereocenters. The summed E-state index contributed by atoms with van der Waals surface area (Å²) in [7, 11) is 1.57.